The van der Waals surface area contributed by atoms with Crippen LogP contribution in [0, 0.1) is 0 Å². The van der Waals surface area contributed by atoms with Crippen LogP contribution >= 0.6 is 0 Å². The summed E-state index contributed by atoms with van der Waals surface area (Å²) < 4.78 is 5.30. The van der Waals surface area contributed by atoms with E-state index in [1.54, 1.807) is 13.1 Å². The maximum Gasteiger partial charge on any atom is 0.246 e. The maximum absolute atomic E-state index is 12.7. The van der Waals surface area contributed by atoms with Gasteiger partial charge in [0.05, 0.1) is 31.0 Å². The molecular formula is C24H27N5O3. The Balaban J connectivity index is 1.30. The van der Waals surface area contributed by atoms with E-state index < -0.39 is 6.04 Å². The molecule has 2 heterocycles. The topological polar surface area (TPSA) is 95.6 Å². The summed E-state index contributed by atoms with van der Waals surface area (Å²) in [5.74, 6) is -0.200. The highest BCUT2D eigenvalue weighted by Gasteiger charge is 2.16. The van der Waals surface area contributed by atoms with Crippen molar-refractivity contribution in [2.45, 2.75) is 13.0 Å². The molecule has 3 aromatic rings. The van der Waals surface area contributed by atoms with E-state index in [1.165, 1.54) is 0 Å². The van der Waals surface area contributed by atoms with Gasteiger partial charge in [0, 0.05) is 36.0 Å². The second-order valence-corrected chi connectivity index (χ2v) is 7.74. The van der Waals surface area contributed by atoms with Crippen LogP contribution in [0.4, 0.5) is 17.1 Å². The molecule has 0 bridgehead atoms. The summed E-state index contributed by atoms with van der Waals surface area (Å²) in [6, 6.07) is 16.3. The minimum Gasteiger partial charge on any atom is -0.379 e. The molecule has 3 N–H and O–H groups in total. The summed E-state index contributed by atoms with van der Waals surface area (Å²) in [6.45, 7) is 5.02. The molecule has 8 nitrogen and oxygen atoms in total. The van der Waals surface area contributed by atoms with Crippen LogP contribution in [0.1, 0.15) is 6.92 Å². The van der Waals surface area contributed by atoms with Gasteiger partial charge in [-0.2, -0.15) is 0 Å². The molecular weight excluding hydrogens is 406 g/mol. The van der Waals surface area contributed by atoms with Gasteiger partial charge in [0.2, 0.25) is 11.8 Å². The van der Waals surface area contributed by atoms with Gasteiger partial charge in [-0.05, 0) is 55.5 Å². The molecule has 4 rings (SSSR count). The lowest BCUT2D eigenvalue weighted by Gasteiger charge is -2.25. The molecule has 1 aromatic heterocycles. The number of anilines is 3. The molecule has 1 aliphatic rings. The van der Waals surface area contributed by atoms with Crippen molar-refractivity contribution >= 4 is 39.8 Å². The van der Waals surface area contributed by atoms with Crippen molar-refractivity contribution in [3.8, 4) is 0 Å². The van der Waals surface area contributed by atoms with Crippen LogP contribution in [0.5, 0.6) is 0 Å². The molecule has 0 saturated carbocycles. The highest BCUT2D eigenvalue weighted by molar-refractivity contribution is 6.03. The van der Waals surface area contributed by atoms with Crippen molar-refractivity contribution in [2.24, 2.45) is 0 Å². The normalized spacial score (nSPS) is 15.2. The summed E-state index contributed by atoms with van der Waals surface area (Å²) >= 11 is 0. The number of rotatable bonds is 7. The van der Waals surface area contributed by atoms with Crippen molar-refractivity contribution < 1.29 is 14.3 Å². The lowest BCUT2D eigenvalue weighted by atomic mass is 10.1. The van der Waals surface area contributed by atoms with Crippen LogP contribution in [-0.4, -0.2) is 60.6 Å². The summed E-state index contributed by atoms with van der Waals surface area (Å²) in [5, 5.41) is 9.97. The zero-order valence-electron chi connectivity index (χ0n) is 18.0. The molecule has 0 aliphatic carbocycles. The summed E-state index contributed by atoms with van der Waals surface area (Å²) in [6.07, 6.45) is 1.73. The standard InChI is InChI=1S/C24H27N5O3/c1-17(24(31)28-22-6-2-5-21-20(22)4-3-11-25-21)26-18-7-9-19(10-8-18)27-23(30)16-29-12-14-32-15-13-29/h2-11,17,26H,12-16H2,1H3,(H,27,30)(H,28,31). The number of ether oxygens (including phenoxy) is 1. The Bertz CT molecular complexity index is 1080. The number of pyridine rings is 1. The predicted molar refractivity (Wildman–Crippen MR) is 126 cm³/mol. The van der Waals surface area contributed by atoms with Crippen LogP contribution in [0.25, 0.3) is 10.9 Å². The molecule has 2 aromatic carbocycles. The molecule has 0 spiro atoms. The van der Waals surface area contributed by atoms with Crippen LogP contribution in [-0.2, 0) is 14.3 Å². The number of nitrogens with one attached hydrogen (secondary N) is 3. The van der Waals surface area contributed by atoms with Crippen molar-refractivity contribution in [1.29, 1.82) is 0 Å². The third-order valence-electron chi connectivity index (χ3n) is 5.32. The fourth-order valence-corrected chi connectivity index (χ4v) is 3.58. The SMILES string of the molecule is CC(Nc1ccc(NC(=O)CN2CCOCC2)cc1)C(=O)Nc1cccc2ncccc12. The van der Waals surface area contributed by atoms with E-state index in [9.17, 15) is 9.59 Å². The van der Waals surface area contributed by atoms with Gasteiger partial charge >= 0.3 is 0 Å². The zero-order chi connectivity index (χ0) is 22.3. The van der Waals surface area contributed by atoms with Crippen molar-refractivity contribution in [3.63, 3.8) is 0 Å². The third-order valence-corrected chi connectivity index (χ3v) is 5.32. The monoisotopic (exact) mass is 433 g/mol. The van der Waals surface area contributed by atoms with Gasteiger partial charge in [0.25, 0.3) is 0 Å². The molecule has 2 amide bonds. The Morgan fingerprint density at radius 2 is 1.75 bits per heavy atom. The zero-order valence-corrected chi connectivity index (χ0v) is 18.0. The number of hydrogen-bond acceptors (Lipinski definition) is 6. The molecule has 1 fully saturated rings. The first-order valence-corrected chi connectivity index (χ1v) is 10.7. The molecule has 1 atom stereocenters. The number of aromatic nitrogens is 1. The minimum absolute atomic E-state index is 0.0510. The second-order valence-electron chi connectivity index (χ2n) is 7.74. The van der Waals surface area contributed by atoms with E-state index in [2.05, 4.69) is 25.8 Å². The average Bonchev–Trinajstić information content (AvgIpc) is 2.81. The van der Waals surface area contributed by atoms with E-state index >= 15 is 0 Å². The van der Waals surface area contributed by atoms with E-state index in [-0.39, 0.29) is 11.8 Å². The summed E-state index contributed by atoms with van der Waals surface area (Å²) in [5.41, 5.74) is 3.07. The quantitative estimate of drug-likeness (QED) is 0.530. The van der Waals surface area contributed by atoms with Crippen molar-refractivity contribution in [3.05, 3.63) is 60.8 Å². The van der Waals surface area contributed by atoms with Crippen LogP contribution < -0.4 is 16.0 Å². The molecule has 1 aliphatic heterocycles. The number of morpholine rings is 1. The first-order chi connectivity index (χ1) is 15.6. The van der Waals surface area contributed by atoms with Gasteiger partial charge in [-0.15, -0.1) is 0 Å². The van der Waals surface area contributed by atoms with E-state index in [4.69, 9.17) is 4.74 Å². The smallest absolute Gasteiger partial charge is 0.246 e. The fraction of sp³-hybridized carbons (Fsp3) is 0.292. The van der Waals surface area contributed by atoms with E-state index in [0.29, 0.717) is 25.4 Å². The predicted octanol–water partition coefficient (Wildman–Crippen LogP) is 2.94. The summed E-state index contributed by atoms with van der Waals surface area (Å²) in [4.78, 5) is 31.3. The van der Waals surface area contributed by atoms with E-state index in [1.807, 2.05) is 54.6 Å². The van der Waals surface area contributed by atoms with Gasteiger partial charge in [-0.3, -0.25) is 19.5 Å². The Labute approximate surface area is 187 Å². The second kappa shape index (κ2) is 10.2. The largest absolute Gasteiger partial charge is 0.379 e. The van der Waals surface area contributed by atoms with Crippen LogP contribution in [0.2, 0.25) is 0 Å². The number of carbonyl (C=O) groups excluding carboxylic acids is 2. The van der Waals surface area contributed by atoms with Gasteiger partial charge in [-0.25, -0.2) is 0 Å². The number of carbonyl (C=O) groups is 2. The first-order valence-electron chi connectivity index (χ1n) is 10.7. The highest BCUT2D eigenvalue weighted by Crippen LogP contribution is 2.22. The summed E-state index contributed by atoms with van der Waals surface area (Å²) in [7, 11) is 0. The molecule has 1 saturated heterocycles. The number of hydrogen-bond donors (Lipinski definition) is 3. The lowest BCUT2D eigenvalue weighted by Crippen LogP contribution is -2.41. The van der Waals surface area contributed by atoms with Crippen LogP contribution in [0.15, 0.2) is 60.8 Å². The Morgan fingerprint density at radius 1 is 1.00 bits per heavy atom. The van der Waals surface area contributed by atoms with Crippen molar-refractivity contribution in [1.82, 2.24) is 9.88 Å². The maximum atomic E-state index is 12.7. The third kappa shape index (κ3) is 5.60. The van der Waals surface area contributed by atoms with Crippen molar-refractivity contribution in [2.75, 3.05) is 48.8 Å². The average molecular weight is 434 g/mol. The first kappa shape index (κ1) is 21.7. The Morgan fingerprint density at radius 3 is 2.53 bits per heavy atom. The minimum atomic E-state index is -0.455. The Hall–Kier alpha value is -3.49. The number of amides is 2. The molecule has 0 radical (unpaired) electrons. The molecule has 1 unspecified atom stereocenters. The van der Waals surface area contributed by atoms with E-state index in [0.717, 1.165) is 35.4 Å². The highest BCUT2D eigenvalue weighted by atomic mass is 16.5. The van der Waals surface area contributed by atoms with Gasteiger partial charge < -0.3 is 20.7 Å². The fourth-order valence-electron chi connectivity index (χ4n) is 3.58. The number of nitrogens with zero attached hydrogens (tertiary/aromatic N) is 2. The number of fused-ring (bicyclic) bond motifs is 1. The number of benzene rings is 2. The molecule has 32 heavy (non-hydrogen) atoms. The van der Waals surface area contributed by atoms with Gasteiger partial charge in [-0.1, -0.05) is 6.07 Å². The molecule has 8 heteroatoms. The van der Waals surface area contributed by atoms with Gasteiger partial charge in [0.15, 0.2) is 0 Å². The van der Waals surface area contributed by atoms with Gasteiger partial charge in [0.1, 0.15) is 6.04 Å². The van der Waals surface area contributed by atoms with Crippen LogP contribution in [0.3, 0.4) is 0 Å². The molecule has 166 valence electrons. The Kier molecular flexibility index (Phi) is 6.94. The lowest BCUT2D eigenvalue weighted by molar-refractivity contribution is -0.118.